The van der Waals surface area contributed by atoms with Crippen LogP contribution >= 0.6 is 0 Å². The average molecular weight is 576 g/mol. The maximum atomic E-state index is 14.0. The van der Waals surface area contributed by atoms with Crippen molar-refractivity contribution in [3.63, 3.8) is 0 Å². The smallest absolute Gasteiger partial charge is 0.297 e. The molecule has 5 rings (SSSR count). The number of aryl methyl sites for hydroxylation is 1. The summed E-state index contributed by atoms with van der Waals surface area (Å²) in [7, 11) is -2.14. The zero-order valence-electron chi connectivity index (χ0n) is 22.5. The van der Waals surface area contributed by atoms with Gasteiger partial charge in [-0.3, -0.25) is 13.9 Å². The molecule has 9 heteroatoms. The summed E-state index contributed by atoms with van der Waals surface area (Å²) in [5, 5.41) is 0.818. The first-order chi connectivity index (χ1) is 19.5. The topological polar surface area (TPSA) is 63.2 Å². The molecule has 41 heavy (non-hydrogen) atoms. The van der Waals surface area contributed by atoms with Crippen molar-refractivity contribution < 1.29 is 22.2 Å². The van der Waals surface area contributed by atoms with E-state index in [1.165, 1.54) is 12.4 Å². The molecule has 4 aromatic rings. The number of halogens is 3. The van der Waals surface area contributed by atoms with E-state index in [1.54, 1.807) is 30.5 Å². The van der Waals surface area contributed by atoms with Crippen molar-refractivity contribution in [3.8, 4) is 11.8 Å². The van der Waals surface area contributed by atoms with E-state index in [1.807, 2.05) is 30.0 Å². The molecule has 0 atom stereocenters. The Balaban J connectivity index is 1.36. The van der Waals surface area contributed by atoms with E-state index in [4.69, 9.17) is 0 Å². The summed E-state index contributed by atoms with van der Waals surface area (Å²) < 4.78 is 54.1. The van der Waals surface area contributed by atoms with Gasteiger partial charge in [-0.1, -0.05) is 42.2 Å². The molecular weight excluding hydrogens is 547 g/mol. The van der Waals surface area contributed by atoms with E-state index in [2.05, 4.69) is 27.7 Å². The van der Waals surface area contributed by atoms with E-state index in [0.29, 0.717) is 35.7 Å². The second-order valence-corrected chi connectivity index (χ2v) is 13.0. The number of hydrogen-bond donors (Lipinski definition) is 0. The van der Waals surface area contributed by atoms with Gasteiger partial charge in [0.1, 0.15) is 6.33 Å². The van der Waals surface area contributed by atoms with Crippen molar-refractivity contribution >= 4 is 32.1 Å². The Labute approximate surface area is 237 Å². The van der Waals surface area contributed by atoms with Crippen molar-refractivity contribution in [1.29, 1.82) is 0 Å². The van der Waals surface area contributed by atoms with Gasteiger partial charge < -0.3 is 0 Å². The van der Waals surface area contributed by atoms with Crippen LogP contribution in [0.15, 0.2) is 67.1 Å². The molecule has 0 amide bonds. The lowest BCUT2D eigenvalue weighted by molar-refractivity contribution is -0.138. The Morgan fingerprint density at radius 3 is 2.56 bits per heavy atom. The molecule has 0 radical (unpaired) electrons. The van der Waals surface area contributed by atoms with Crippen molar-refractivity contribution in [1.82, 2.24) is 14.9 Å². The number of ketones is 1. The minimum atomic E-state index is -4.57. The summed E-state index contributed by atoms with van der Waals surface area (Å²) in [5.41, 5.74) is 3.11. The molecule has 0 unspecified atom stereocenters. The second kappa shape index (κ2) is 11.5. The number of rotatable bonds is 5. The van der Waals surface area contributed by atoms with Gasteiger partial charge in [0.2, 0.25) is 0 Å². The fourth-order valence-electron chi connectivity index (χ4n) is 4.81. The van der Waals surface area contributed by atoms with Crippen LogP contribution in [-0.4, -0.2) is 55.3 Å². The van der Waals surface area contributed by atoms with Crippen molar-refractivity contribution in [2.75, 3.05) is 24.6 Å². The predicted octanol–water partition coefficient (Wildman–Crippen LogP) is 5.31. The normalized spacial score (nSPS) is 15.3. The van der Waals surface area contributed by atoms with Crippen LogP contribution in [0.3, 0.4) is 0 Å². The molecule has 2 heterocycles. The van der Waals surface area contributed by atoms with Gasteiger partial charge in [-0.05, 0) is 63.3 Å². The highest BCUT2D eigenvalue weighted by Crippen LogP contribution is 2.34. The summed E-state index contributed by atoms with van der Waals surface area (Å²) in [6, 6.07) is 14.8. The van der Waals surface area contributed by atoms with Gasteiger partial charge in [0.05, 0.1) is 11.1 Å². The van der Waals surface area contributed by atoms with Gasteiger partial charge >= 0.3 is 6.18 Å². The standard InChI is InChI=1S/C32H28F3N3O2S/c1-22-6-8-26(18-25(22)11-10-24-4-3-5-30-28(24)19-36-21-37-30)31(39)17-23-7-9-27(29(16-23)32(33,34)35)20-38-12-14-41(2,40)15-13-38/h3-9,16,18-19,21H,2,12-15,17,20H2,1H3. The molecule has 0 N–H and O–H groups in total. The Bertz CT molecular complexity index is 1790. The molecule has 1 saturated heterocycles. The number of benzene rings is 3. The highest BCUT2D eigenvalue weighted by molar-refractivity contribution is 8.00. The van der Waals surface area contributed by atoms with E-state index < -0.39 is 21.3 Å². The van der Waals surface area contributed by atoms with Gasteiger partial charge in [0, 0.05) is 65.8 Å². The Morgan fingerprint density at radius 2 is 1.80 bits per heavy atom. The van der Waals surface area contributed by atoms with Crippen LogP contribution in [-0.2, 0) is 28.7 Å². The molecule has 1 fully saturated rings. The Morgan fingerprint density at radius 1 is 1.05 bits per heavy atom. The molecule has 1 aliphatic heterocycles. The van der Waals surface area contributed by atoms with Crippen LogP contribution in [0.25, 0.3) is 10.9 Å². The third-order valence-electron chi connectivity index (χ3n) is 7.24. The molecule has 0 spiro atoms. The fourth-order valence-corrected chi connectivity index (χ4v) is 6.19. The SMILES string of the molecule is C=S1(=O)CCN(Cc2ccc(CC(=O)c3ccc(C)c(C#Cc4cccc5ncncc45)c3)cc2C(F)(F)F)CC1. The van der Waals surface area contributed by atoms with E-state index in [9.17, 15) is 22.2 Å². The lowest BCUT2D eigenvalue weighted by Gasteiger charge is -2.29. The van der Waals surface area contributed by atoms with Crippen molar-refractivity contribution in [3.05, 3.63) is 106 Å². The zero-order chi connectivity index (χ0) is 29.2. The molecular formula is C32H28F3N3O2S. The molecule has 0 bridgehead atoms. The number of Topliss-reactive ketones (excluding diaryl/α,β-unsaturated/α-hetero) is 1. The summed E-state index contributed by atoms with van der Waals surface area (Å²) in [5.74, 6) is 10.4. The third kappa shape index (κ3) is 6.84. The minimum absolute atomic E-state index is 0.0986. The quantitative estimate of drug-likeness (QED) is 0.183. The number of hydrogen-bond acceptors (Lipinski definition) is 5. The van der Waals surface area contributed by atoms with Gasteiger partial charge in [0.15, 0.2) is 5.78 Å². The number of aromatic nitrogens is 2. The lowest BCUT2D eigenvalue weighted by atomic mass is 9.96. The summed E-state index contributed by atoms with van der Waals surface area (Å²) in [6.07, 6.45) is -1.56. The van der Waals surface area contributed by atoms with E-state index >= 15 is 0 Å². The third-order valence-corrected chi connectivity index (χ3v) is 9.09. The molecule has 0 aliphatic carbocycles. The Hall–Kier alpha value is -4.00. The van der Waals surface area contributed by atoms with Crippen LogP contribution in [0.1, 0.15) is 43.7 Å². The number of carbonyl (C=O) groups excluding carboxylic acids is 1. The largest absolute Gasteiger partial charge is 0.416 e. The van der Waals surface area contributed by atoms with Gasteiger partial charge in [0.25, 0.3) is 0 Å². The zero-order valence-corrected chi connectivity index (χ0v) is 23.3. The molecule has 1 aromatic heterocycles. The van der Waals surface area contributed by atoms with E-state index in [0.717, 1.165) is 28.1 Å². The summed E-state index contributed by atoms with van der Waals surface area (Å²) in [4.78, 5) is 23.3. The maximum absolute atomic E-state index is 14.0. The highest BCUT2D eigenvalue weighted by atomic mass is 32.2. The lowest BCUT2D eigenvalue weighted by Crippen LogP contribution is -2.39. The Kier molecular flexibility index (Phi) is 7.98. The summed E-state index contributed by atoms with van der Waals surface area (Å²) >= 11 is 0. The van der Waals surface area contributed by atoms with Crippen LogP contribution in [0.5, 0.6) is 0 Å². The van der Waals surface area contributed by atoms with Crippen molar-refractivity contribution in [2.24, 2.45) is 0 Å². The number of nitrogens with zero attached hydrogens (tertiary/aromatic N) is 3. The monoisotopic (exact) mass is 575 g/mol. The summed E-state index contributed by atoms with van der Waals surface area (Å²) in [6.45, 7) is 2.86. The minimum Gasteiger partial charge on any atom is -0.297 e. The number of fused-ring (bicyclic) bond motifs is 1. The molecule has 210 valence electrons. The second-order valence-electron chi connectivity index (χ2n) is 10.3. The fraction of sp³-hybridized carbons (Fsp3) is 0.250. The first-order valence-electron chi connectivity index (χ1n) is 13.1. The average Bonchev–Trinajstić information content (AvgIpc) is 2.94. The van der Waals surface area contributed by atoms with Crippen LogP contribution < -0.4 is 0 Å². The van der Waals surface area contributed by atoms with Crippen molar-refractivity contribution in [2.45, 2.75) is 26.1 Å². The molecule has 1 aliphatic rings. The molecule has 3 aromatic carbocycles. The van der Waals surface area contributed by atoms with Gasteiger partial charge in [-0.2, -0.15) is 13.2 Å². The molecule has 5 nitrogen and oxygen atoms in total. The van der Waals surface area contributed by atoms with Gasteiger partial charge in [-0.15, -0.1) is 0 Å². The number of carbonyl (C=O) groups is 1. The number of alkyl halides is 3. The van der Waals surface area contributed by atoms with Crippen LogP contribution in [0.4, 0.5) is 13.2 Å². The predicted molar refractivity (Wildman–Crippen MR) is 156 cm³/mol. The first-order valence-corrected chi connectivity index (χ1v) is 15.1. The first kappa shape index (κ1) is 28.5. The highest BCUT2D eigenvalue weighted by Gasteiger charge is 2.34. The molecule has 0 saturated carbocycles. The van der Waals surface area contributed by atoms with Crippen LogP contribution in [0.2, 0.25) is 0 Å². The van der Waals surface area contributed by atoms with E-state index in [-0.39, 0.29) is 29.9 Å². The van der Waals surface area contributed by atoms with Gasteiger partial charge in [-0.25, -0.2) is 9.97 Å². The van der Waals surface area contributed by atoms with Crippen LogP contribution in [0, 0.1) is 18.8 Å². The maximum Gasteiger partial charge on any atom is 0.416 e.